The van der Waals surface area contributed by atoms with Crippen molar-refractivity contribution in [2.24, 2.45) is 0 Å². The number of thioether (sulfide) groups is 1. The molecule has 0 spiro atoms. The van der Waals surface area contributed by atoms with E-state index in [9.17, 15) is 9.18 Å². The van der Waals surface area contributed by atoms with Gasteiger partial charge in [0.2, 0.25) is 0 Å². The molecule has 0 bridgehead atoms. The average Bonchev–Trinajstić information content (AvgIpc) is 3.05. The number of carbonyl (C=O) groups excluding carboxylic acids is 1. The first kappa shape index (κ1) is 20.3. The predicted octanol–water partition coefficient (Wildman–Crippen LogP) is 4.26. The highest BCUT2D eigenvalue weighted by atomic mass is 32.2. The molecule has 1 aromatic heterocycles. The topological polar surface area (TPSA) is 49.3 Å². The van der Waals surface area contributed by atoms with Crippen LogP contribution in [0.15, 0.2) is 72.0 Å². The number of carbonyl (C=O) groups is 1. The molecule has 2 aromatic carbocycles. The first-order valence-electron chi connectivity index (χ1n) is 9.97. The molecule has 0 radical (unpaired) electrons. The summed E-state index contributed by atoms with van der Waals surface area (Å²) < 4.78 is 13.1. The summed E-state index contributed by atoms with van der Waals surface area (Å²) in [7, 11) is 0. The van der Waals surface area contributed by atoms with Gasteiger partial charge in [0, 0.05) is 37.5 Å². The molecule has 0 atom stereocenters. The van der Waals surface area contributed by atoms with E-state index in [-0.39, 0.29) is 11.7 Å². The van der Waals surface area contributed by atoms with Crippen LogP contribution in [-0.4, -0.2) is 47.0 Å². The second-order valence-corrected chi connectivity index (χ2v) is 8.13. The Kier molecular flexibility index (Phi) is 6.59. The highest BCUT2D eigenvalue weighted by molar-refractivity contribution is 7.98. The molecule has 0 unspecified atom stereocenters. The van der Waals surface area contributed by atoms with Crippen molar-refractivity contribution in [3.05, 3.63) is 83.9 Å². The van der Waals surface area contributed by atoms with Crippen molar-refractivity contribution in [3.8, 4) is 0 Å². The van der Waals surface area contributed by atoms with E-state index in [4.69, 9.17) is 4.98 Å². The third-order valence-electron chi connectivity index (χ3n) is 5.03. The van der Waals surface area contributed by atoms with Crippen molar-refractivity contribution >= 4 is 23.5 Å². The highest BCUT2D eigenvalue weighted by Gasteiger charge is 2.21. The second-order valence-electron chi connectivity index (χ2n) is 7.13. The summed E-state index contributed by atoms with van der Waals surface area (Å²) in [6.07, 6.45) is 4.42. The number of halogens is 1. The van der Waals surface area contributed by atoms with E-state index in [0.717, 1.165) is 29.6 Å². The summed E-state index contributed by atoms with van der Waals surface area (Å²) in [6, 6.07) is 16.0. The lowest BCUT2D eigenvalue weighted by Gasteiger charge is -2.23. The molecule has 1 amide bonds. The van der Waals surface area contributed by atoms with Gasteiger partial charge in [-0.05, 0) is 36.2 Å². The molecule has 0 N–H and O–H groups in total. The quantitative estimate of drug-likeness (QED) is 0.575. The van der Waals surface area contributed by atoms with Gasteiger partial charge in [-0.3, -0.25) is 9.78 Å². The molecule has 0 aliphatic carbocycles. The Hall–Kier alpha value is -2.93. The summed E-state index contributed by atoms with van der Waals surface area (Å²) in [4.78, 5) is 25.9. The Morgan fingerprint density at radius 3 is 2.57 bits per heavy atom. The lowest BCUT2D eigenvalue weighted by Crippen LogP contribution is -2.35. The van der Waals surface area contributed by atoms with Crippen LogP contribution < -0.4 is 4.90 Å². The smallest absolute Gasteiger partial charge is 0.253 e. The van der Waals surface area contributed by atoms with Gasteiger partial charge >= 0.3 is 0 Å². The maximum Gasteiger partial charge on any atom is 0.253 e. The van der Waals surface area contributed by atoms with Crippen LogP contribution in [0.3, 0.4) is 0 Å². The summed E-state index contributed by atoms with van der Waals surface area (Å²) >= 11 is 1.67. The number of rotatable bonds is 5. The first-order chi connectivity index (χ1) is 14.7. The highest BCUT2D eigenvalue weighted by Crippen LogP contribution is 2.23. The van der Waals surface area contributed by atoms with Gasteiger partial charge in [0.15, 0.2) is 0 Å². The van der Waals surface area contributed by atoms with Crippen LogP contribution in [0.1, 0.15) is 22.3 Å². The third-order valence-corrected chi connectivity index (χ3v) is 6.00. The minimum absolute atomic E-state index is 0.0601. The predicted molar refractivity (Wildman–Crippen MR) is 117 cm³/mol. The Morgan fingerprint density at radius 2 is 1.77 bits per heavy atom. The fourth-order valence-electron chi connectivity index (χ4n) is 3.42. The van der Waals surface area contributed by atoms with Gasteiger partial charge in [0.05, 0.1) is 12.4 Å². The standard InChI is InChI=1S/C23H23FN4OS/c24-20-9-7-19(8-10-20)23(29)28-12-4-11-27(13-14-28)21-15-25-16-22(26-21)30-17-18-5-2-1-3-6-18/h1-3,5-10,15-16H,4,11-14,17H2. The number of anilines is 1. The lowest BCUT2D eigenvalue weighted by molar-refractivity contribution is 0.0767. The number of benzene rings is 2. The molecular weight excluding hydrogens is 399 g/mol. The van der Waals surface area contributed by atoms with Crippen LogP contribution in [0.4, 0.5) is 10.2 Å². The fraction of sp³-hybridized carbons (Fsp3) is 0.261. The molecule has 7 heteroatoms. The van der Waals surface area contributed by atoms with E-state index in [1.165, 1.54) is 17.7 Å². The van der Waals surface area contributed by atoms with E-state index in [2.05, 4.69) is 22.0 Å². The van der Waals surface area contributed by atoms with Gasteiger partial charge in [-0.1, -0.05) is 30.3 Å². The summed E-state index contributed by atoms with van der Waals surface area (Å²) in [5.41, 5.74) is 1.77. The molecule has 154 valence electrons. The van der Waals surface area contributed by atoms with Crippen molar-refractivity contribution in [1.82, 2.24) is 14.9 Å². The SMILES string of the molecule is O=C(c1ccc(F)cc1)N1CCCN(c2cncc(SCc3ccccc3)n2)CC1. The molecule has 2 heterocycles. The van der Waals surface area contributed by atoms with Gasteiger partial charge in [0.1, 0.15) is 16.7 Å². The van der Waals surface area contributed by atoms with E-state index >= 15 is 0 Å². The van der Waals surface area contributed by atoms with Crippen LogP contribution in [0.5, 0.6) is 0 Å². The van der Waals surface area contributed by atoms with Crippen molar-refractivity contribution in [1.29, 1.82) is 0 Å². The molecule has 3 aromatic rings. The van der Waals surface area contributed by atoms with Crippen molar-refractivity contribution in [3.63, 3.8) is 0 Å². The molecule has 1 aliphatic rings. The zero-order chi connectivity index (χ0) is 20.8. The van der Waals surface area contributed by atoms with Gasteiger partial charge in [-0.15, -0.1) is 11.8 Å². The molecule has 1 fully saturated rings. The zero-order valence-electron chi connectivity index (χ0n) is 16.6. The van der Waals surface area contributed by atoms with Crippen LogP contribution in [0, 0.1) is 5.82 Å². The Bertz CT molecular complexity index is 984. The van der Waals surface area contributed by atoms with Crippen molar-refractivity contribution in [2.75, 3.05) is 31.1 Å². The summed E-state index contributed by atoms with van der Waals surface area (Å²) in [5, 5.41) is 0.889. The van der Waals surface area contributed by atoms with Gasteiger partial charge in [-0.25, -0.2) is 9.37 Å². The fourth-order valence-corrected chi connectivity index (χ4v) is 4.22. The monoisotopic (exact) mass is 422 g/mol. The van der Waals surface area contributed by atoms with Crippen molar-refractivity contribution < 1.29 is 9.18 Å². The molecular formula is C23H23FN4OS. The Labute approximate surface area is 180 Å². The first-order valence-corrected chi connectivity index (χ1v) is 11.0. The molecule has 1 saturated heterocycles. The molecule has 1 aliphatic heterocycles. The zero-order valence-corrected chi connectivity index (χ0v) is 17.4. The van der Waals surface area contributed by atoms with Gasteiger partial charge in [0.25, 0.3) is 5.91 Å². The van der Waals surface area contributed by atoms with Crippen LogP contribution >= 0.6 is 11.8 Å². The molecule has 0 saturated carbocycles. The minimum Gasteiger partial charge on any atom is -0.353 e. The number of hydrogen-bond donors (Lipinski definition) is 0. The summed E-state index contributed by atoms with van der Waals surface area (Å²) in [6.45, 7) is 2.77. The van der Waals surface area contributed by atoms with Gasteiger partial charge < -0.3 is 9.80 Å². The van der Waals surface area contributed by atoms with E-state index in [1.807, 2.05) is 23.1 Å². The second kappa shape index (κ2) is 9.71. The molecule has 30 heavy (non-hydrogen) atoms. The summed E-state index contributed by atoms with van der Waals surface area (Å²) in [5.74, 6) is 1.29. The van der Waals surface area contributed by atoms with E-state index in [0.29, 0.717) is 25.2 Å². The lowest BCUT2D eigenvalue weighted by atomic mass is 10.2. The molecule has 4 rings (SSSR count). The number of amides is 1. The van der Waals surface area contributed by atoms with Crippen LogP contribution in [-0.2, 0) is 5.75 Å². The Morgan fingerprint density at radius 1 is 0.967 bits per heavy atom. The maximum atomic E-state index is 13.1. The Balaban J connectivity index is 1.38. The maximum absolute atomic E-state index is 13.1. The average molecular weight is 423 g/mol. The molecule has 5 nitrogen and oxygen atoms in total. The van der Waals surface area contributed by atoms with E-state index < -0.39 is 0 Å². The third kappa shape index (κ3) is 5.16. The van der Waals surface area contributed by atoms with E-state index in [1.54, 1.807) is 36.3 Å². The number of nitrogens with zero attached hydrogens (tertiary/aromatic N) is 4. The largest absolute Gasteiger partial charge is 0.353 e. The minimum atomic E-state index is -0.336. The van der Waals surface area contributed by atoms with Gasteiger partial charge in [-0.2, -0.15) is 0 Å². The normalized spacial score (nSPS) is 14.4. The van der Waals surface area contributed by atoms with Crippen LogP contribution in [0.2, 0.25) is 0 Å². The number of aromatic nitrogens is 2. The number of hydrogen-bond acceptors (Lipinski definition) is 5. The van der Waals surface area contributed by atoms with Crippen LogP contribution in [0.25, 0.3) is 0 Å². The van der Waals surface area contributed by atoms with Crippen molar-refractivity contribution in [2.45, 2.75) is 17.2 Å².